The molecular formula is C13H24N4O. The van der Waals surface area contributed by atoms with Crippen LogP contribution in [0, 0.1) is 5.92 Å². The van der Waals surface area contributed by atoms with E-state index in [0.29, 0.717) is 12.5 Å². The minimum absolute atomic E-state index is 0.0626. The SMILES string of the molecule is CC(C)Cn1ncnc1COC1(C)CCCNC1. The highest BCUT2D eigenvalue weighted by Crippen LogP contribution is 2.21. The Morgan fingerprint density at radius 2 is 2.39 bits per heavy atom. The van der Waals surface area contributed by atoms with E-state index in [1.165, 1.54) is 6.42 Å². The van der Waals surface area contributed by atoms with Gasteiger partial charge in [0.2, 0.25) is 0 Å². The van der Waals surface area contributed by atoms with Crippen LogP contribution in [0.3, 0.4) is 0 Å². The number of aromatic nitrogens is 3. The van der Waals surface area contributed by atoms with E-state index in [0.717, 1.165) is 31.9 Å². The van der Waals surface area contributed by atoms with Crippen LogP contribution in [0.1, 0.15) is 39.4 Å². The first-order chi connectivity index (χ1) is 8.59. The van der Waals surface area contributed by atoms with E-state index in [1.54, 1.807) is 6.33 Å². The lowest BCUT2D eigenvalue weighted by atomic mass is 9.96. The minimum Gasteiger partial charge on any atom is -0.366 e. The Morgan fingerprint density at radius 3 is 3.06 bits per heavy atom. The Balaban J connectivity index is 1.91. The molecule has 1 unspecified atom stereocenters. The molecule has 0 amide bonds. The van der Waals surface area contributed by atoms with Crippen molar-refractivity contribution in [2.75, 3.05) is 13.1 Å². The van der Waals surface area contributed by atoms with E-state index in [9.17, 15) is 0 Å². The third-order valence-electron chi connectivity index (χ3n) is 3.34. The average Bonchev–Trinajstić information content (AvgIpc) is 2.74. The summed E-state index contributed by atoms with van der Waals surface area (Å²) in [5, 5.41) is 7.64. The smallest absolute Gasteiger partial charge is 0.152 e. The topological polar surface area (TPSA) is 52.0 Å². The van der Waals surface area contributed by atoms with Gasteiger partial charge in [-0.1, -0.05) is 13.8 Å². The molecule has 1 aromatic heterocycles. The van der Waals surface area contributed by atoms with Crippen LogP contribution in [0.4, 0.5) is 0 Å². The van der Waals surface area contributed by atoms with Crippen LogP contribution >= 0.6 is 0 Å². The third-order valence-corrected chi connectivity index (χ3v) is 3.34. The number of hydrogen-bond donors (Lipinski definition) is 1. The monoisotopic (exact) mass is 252 g/mol. The van der Waals surface area contributed by atoms with Crippen LogP contribution in [-0.2, 0) is 17.9 Å². The number of hydrogen-bond acceptors (Lipinski definition) is 4. The van der Waals surface area contributed by atoms with Gasteiger partial charge in [0.25, 0.3) is 0 Å². The summed E-state index contributed by atoms with van der Waals surface area (Å²) in [6.45, 7) is 9.99. The Kier molecular flexibility index (Phi) is 4.35. The van der Waals surface area contributed by atoms with Gasteiger partial charge in [0.1, 0.15) is 12.9 Å². The average molecular weight is 252 g/mol. The number of nitrogens with zero attached hydrogens (tertiary/aromatic N) is 3. The Hall–Kier alpha value is -0.940. The molecule has 1 N–H and O–H groups in total. The first-order valence-electron chi connectivity index (χ1n) is 6.80. The molecule has 0 radical (unpaired) electrons. The fourth-order valence-corrected chi connectivity index (χ4v) is 2.29. The van der Waals surface area contributed by atoms with Crippen molar-refractivity contribution in [3.63, 3.8) is 0 Å². The Labute approximate surface area is 109 Å². The molecule has 0 aromatic carbocycles. The van der Waals surface area contributed by atoms with Gasteiger partial charge in [0.05, 0.1) is 5.60 Å². The van der Waals surface area contributed by atoms with Crippen molar-refractivity contribution in [2.24, 2.45) is 5.92 Å². The maximum atomic E-state index is 6.05. The maximum absolute atomic E-state index is 6.05. The van der Waals surface area contributed by atoms with Crippen molar-refractivity contribution < 1.29 is 4.74 Å². The molecular weight excluding hydrogens is 228 g/mol. The molecule has 102 valence electrons. The van der Waals surface area contributed by atoms with Gasteiger partial charge in [-0.25, -0.2) is 9.67 Å². The van der Waals surface area contributed by atoms with Gasteiger partial charge in [-0.05, 0) is 32.2 Å². The lowest BCUT2D eigenvalue weighted by Gasteiger charge is -2.34. The quantitative estimate of drug-likeness (QED) is 0.864. The van der Waals surface area contributed by atoms with Crippen LogP contribution < -0.4 is 5.32 Å². The van der Waals surface area contributed by atoms with Crippen molar-refractivity contribution in [3.8, 4) is 0 Å². The van der Waals surface area contributed by atoms with Gasteiger partial charge in [-0.3, -0.25) is 0 Å². The molecule has 0 aliphatic carbocycles. The van der Waals surface area contributed by atoms with Crippen LogP contribution in [0.2, 0.25) is 0 Å². The highest BCUT2D eigenvalue weighted by Gasteiger charge is 2.27. The van der Waals surface area contributed by atoms with Crippen molar-refractivity contribution in [1.82, 2.24) is 20.1 Å². The summed E-state index contributed by atoms with van der Waals surface area (Å²) in [4.78, 5) is 4.29. The third kappa shape index (κ3) is 3.53. The normalized spacial score (nSPS) is 24.7. The fraction of sp³-hybridized carbons (Fsp3) is 0.846. The van der Waals surface area contributed by atoms with E-state index < -0.39 is 0 Å². The van der Waals surface area contributed by atoms with Crippen LogP contribution in [0.25, 0.3) is 0 Å². The zero-order valence-electron chi connectivity index (χ0n) is 11.6. The Morgan fingerprint density at radius 1 is 1.56 bits per heavy atom. The second-order valence-electron chi connectivity index (χ2n) is 5.77. The summed E-state index contributed by atoms with van der Waals surface area (Å²) < 4.78 is 8.00. The number of nitrogens with one attached hydrogen (secondary N) is 1. The summed E-state index contributed by atoms with van der Waals surface area (Å²) in [6, 6.07) is 0. The molecule has 2 rings (SSSR count). The summed E-state index contributed by atoms with van der Waals surface area (Å²) >= 11 is 0. The predicted octanol–water partition coefficient (Wildman–Crippen LogP) is 1.59. The van der Waals surface area contributed by atoms with Gasteiger partial charge < -0.3 is 10.1 Å². The van der Waals surface area contributed by atoms with E-state index in [1.807, 2.05) is 4.68 Å². The molecule has 1 aromatic rings. The molecule has 0 saturated carbocycles. The zero-order chi connectivity index (χ0) is 13.0. The second kappa shape index (κ2) is 5.80. The van der Waals surface area contributed by atoms with Crippen molar-refractivity contribution in [2.45, 2.75) is 52.4 Å². The molecule has 1 fully saturated rings. The van der Waals surface area contributed by atoms with E-state index in [-0.39, 0.29) is 5.60 Å². The molecule has 18 heavy (non-hydrogen) atoms. The lowest BCUT2D eigenvalue weighted by Crippen LogP contribution is -2.45. The van der Waals surface area contributed by atoms with Crippen LogP contribution in [0.5, 0.6) is 0 Å². The molecule has 1 atom stereocenters. The fourth-order valence-electron chi connectivity index (χ4n) is 2.29. The number of rotatable bonds is 5. The van der Waals surface area contributed by atoms with Crippen molar-refractivity contribution in [1.29, 1.82) is 0 Å². The largest absolute Gasteiger partial charge is 0.366 e. The summed E-state index contributed by atoms with van der Waals surface area (Å²) in [7, 11) is 0. The molecule has 1 aliphatic rings. The summed E-state index contributed by atoms with van der Waals surface area (Å²) in [5.41, 5.74) is -0.0626. The van der Waals surface area contributed by atoms with Gasteiger partial charge in [0, 0.05) is 13.1 Å². The van der Waals surface area contributed by atoms with E-state index >= 15 is 0 Å². The van der Waals surface area contributed by atoms with Gasteiger partial charge in [-0.15, -0.1) is 0 Å². The van der Waals surface area contributed by atoms with Gasteiger partial charge >= 0.3 is 0 Å². The molecule has 0 spiro atoms. The van der Waals surface area contributed by atoms with Gasteiger partial charge in [0.15, 0.2) is 5.82 Å². The summed E-state index contributed by atoms with van der Waals surface area (Å²) in [5.74, 6) is 1.49. The molecule has 1 aliphatic heterocycles. The molecule has 2 heterocycles. The first-order valence-corrected chi connectivity index (χ1v) is 6.80. The number of piperidine rings is 1. The van der Waals surface area contributed by atoms with Crippen LogP contribution in [-0.4, -0.2) is 33.5 Å². The minimum atomic E-state index is -0.0626. The van der Waals surface area contributed by atoms with E-state index in [2.05, 4.69) is 36.2 Å². The number of ether oxygens (including phenoxy) is 1. The molecule has 1 saturated heterocycles. The summed E-state index contributed by atoms with van der Waals surface area (Å²) in [6.07, 6.45) is 3.90. The zero-order valence-corrected chi connectivity index (χ0v) is 11.6. The van der Waals surface area contributed by atoms with Gasteiger partial charge in [-0.2, -0.15) is 5.10 Å². The molecule has 5 heteroatoms. The highest BCUT2D eigenvalue weighted by molar-refractivity contribution is 4.87. The Bertz CT molecular complexity index is 369. The van der Waals surface area contributed by atoms with Crippen molar-refractivity contribution >= 4 is 0 Å². The predicted molar refractivity (Wildman–Crippen MR) is 70.2 cm³/mol. The second-order valence-corrected chi connectivity index (χ2v) is 5.77. The lowest BCUT2D eigenvalue weighted by molar-refractivity contribution is -0.0608. The molecule has 0 bridgehead atoms. The first kappa shape index (κ1) is 13.5. The van der Waals surface area contributed by atoms with Crippen LogP contribution in [0.15, 0.2) is 6.33 Å². The molecule has 5 nitrogen and oxygen atoms in total. The van der Waals surface area contributed by atoms with Crippen molar-refractivity contribution in [3.05, 3.63) is 12.2 Å². The highest BCUT2D eigenvalue weighted by atomic mass is 16.5. The maximum Gasteiger partial charge on any atom is 0.152 e. The van der Waals surface area contributed by atoms with E-state index in [4.69, 9.17) is 4.74 Å². The standard InChI is InChI=1S/C13H24N4O/c1-11(2)7-17-12(15-10-16-17)8-18-13(3)5-4-6-14-9-13/h10-11,14H,4-9H2,1-3H3.